The van der Waals surface area contributed by atoms with Crippen LogP contribution in [-0.2, 0) is 10.0 Å². The van der Waals surface area contributed by atoms with Crippen molar-refractivity contribution in [3.05, 3.63) is 28.8 Å². The van der Waals surface area contributed by atoms with E-state index in [1.54, 1.807) is 12.1 Å². The lowest BCUT2D eigenvalue weighted by molar-refractivity contribution is 0.320. The molecule has 0 spiro atoms. The Labute approximate surface area is 125 Å². The van der Waals surface area contributed by atoms with Gasteiger partial charge >= 0.3 is 0 Å². The first-order valence-electron chi connectivity index (χ1n) is 5.93. The minimum atomic E-state index is -3.43. The Hall–Kier alpha value is -0.330. The van der Waals surface area contributed by atoms with Crippen LogP contribution in [0.25, 0.3) is 0 Å². The number of piperidine rings is 1. The summed E-state index contributed by atoms with van der Waals surface area (Å²) >= 11 is 5.98. The van der Waals surface area contributed by atoms with Gasteiger partial charge in [0.05, 0.1) is 4.90 Å². The summed E-state index contributed by atoms with van der Waals surface area (Å²) in [6.45, 7) is 2.81. The molecule has 0 bridgehead atoms. The summed E-state index contributed by atoms with van der Waals surface area (Å²) < 4.78 is 26.3. The van der Waals surface area contributed by atoms with Crippen molar-refractivity contribution in [2.75, 3.05) is 13.1 Å². The molecule has 1 saturated heterocycles. The molecule has 1 heterocycles. The molecule has 0 atom stereocenters. The molecule has 1 aromatic carbocycles. The molecule has 1 aliphatic heterocycles. The van der Waals surface area contributed by atoms with Crippen molar-refractivity contribution in [3.8, 4) is 0 Å². The lowest BCUT2D eigenvalue weighted by Crippen LogP contribution is -2.42. The second-order valence-corrected chi connectivity index (χ2v) is 7.00. The van der Waals surface area contributed by atoms with Gasteiger partial charge in [0.15, 0.2) is 0 Å². The summed E-state index contributed by atoms with van der Waals surface area (Å²) in [6, 6.07) is 4.95. The number of nitrogens with two attached hydrogens (primary N) is 1. The van der Waals surface area contributed by atoms with Gasteiger partial charge in [0.1, 0.15) is 0 Å². The van der Waals surface area contributed by atoms with Crippen LogP contribution in [0.3, 0.4) is 0 Å². The van der Waals surface area contributed by atoms with Gasteiger partial charge in [0.2, 0.25) is 10.0 Å². The molecule has 2 N–H and O–H groups in total. The molecule has 1 fully saturated rings. The Morgan fingerprint density at radius 2 is 1.89 bits per heavy atom. The minimum absolute atomic E-state index is 0. The van der Waals surface area contributed by atoms with Gasteiger partial charge in [-0.15, -0.1) is 12.4 Å². The monoisotopic (exact) mass is 324 g/mol. The molecule has 1 aromatic rings. The zero-order chi connectivity index (χ0) is 13.3. The number of benzene rings is 1. The molecule has 0 radical (unpaired) electrons. The molecule has 4 nitrogen and oxygen atoms in total. The maximum atomic E-state index is 12.4. The zero-order valence-corrected chi connectivity index (χ0v) is 13.1. The van der Waals surface area contributed by atoms with Crippen LogP contribution in [0.5, 0.6) is 0 Å². The van der Waals surface area contributed by atoms with E-state index in [0.29, 0.717) is 31.0 Å². The van der Waals surface area contributed by atoms with Crippen LogP contribution in [-0.4, -0.2) is 31.9 Å². The van der Waals surface area contributed by atoms with E-state index in [2.05, 4.69) is 0 Å². The lowest BCUT2D eigenvalue weighted by atomic mass is 10.1. The van der Waals surface area contributed by atoms with Gasteiger partial charge in [-0.05, 0) is 37.5 Å². The van der Waals surface area contributed by atoms with Crippen molar-refractivity contribution < 1.29 is 8.42 Å². The lowest BCUT2D eigenvalue weighted by Gasteiger charge is -2.29. The van der Waals surface area contributed by atoms with E-state index >= 15 is 0 Å². The Bertz CT molecular complexity index is 541. The molecule has 0 unspecified atom stereocenters. The second kappa shape index (κ2) is 6.41. The number of nitrogens with zero attached hydrogens (tertiary/aromatic N) is 1. The first-order valence-corrected chi connectivity index (χ1v) is 7.75. The zero-order valence-electron chi connectivity index (χ0n) is 10.7. The summed E-state index contributed by atoms with van der Waals surface area (Å²) in [5, 5.41) is 0.477. The topological polar surface area (TPSA) is 63.4 Å². The van der Waals surface area contributed by atoms with Gasteiger partial charge < -0.3 is 5.73 Å². The maximum Gasteiger partial charge on any atom is 0.243 e. The second-order valence-electron chi connectivity index (χ2n) is 4.65. The predicted molar refractivity (Wildman–Crippen MR) is 79.4 cm³/mol. The first kappa shape index (κ1) is 16.7. The molecule has 0 amide bonds. The number of aryl methyl sites for hydroxylation is 1. The smallest absolute Gasteiger partial charge is 0.243 e. The van der Waals surface area contributed by atoms with Gasteiger partial charge in [0, 0.05) is 24.2 Å². The van der Waals surface area contributed by atoms with Crippen LogP contribution in [0.2, 0.25) is 5.02 Å². The van der Waals surface area contributed by atoms with Crippen LogP contribution in [0.1, 0.15) is 18.4 Å². The number of halogens is 2. The highest BCUT2D eigenvalue weighted by Gasteiger charge is 2.28. The molecule has 2 rings (SSSR count). The third-order valence-electron chi connectivity index (χ3n) is 3.28. The Kier molecular flexibility index (Phi) is 5.65. The third-order valence-corrected chi connectivity index (χ3v) is 5.58. The summed E-state index contributed by atoms with van der Waals surface area (Å²) in [5.41, 5.74) is 6.65. The average molecular weight is 325 g/mol. The van der Waals surface area contributed by atoms with Gasteiger partial charge in [-0.2, -0.15) is 4.31 Å². The summed E-state index contributed by atoms with van der Waals surface area (Å²) in [7, 11) is -3.43. The number of hydrogen-bond donors (Lipinski definition) is 1. The largest absolute Gasteiger partial charge is 0.328 e. The molecule has 1 aliphatic rings. The Morgan fingerprint density at radius 1 is 1.32 bits per heavy atom. The summed E-state index contributed by atoms with van der Waals surface area (Å²) in [5.74, 6) is 0. The number of rotatable bonds is 2. The van der Waals surface area contributed by atoms with Crippen LogP contribution in [0.4, 0.5) is 0 Å². The highest BCUT2D eigenvalue weighted by Crippen LogP contribution is 2.24. The van der Waals surface area contributed by atoms with Crippen molar-refractivity contribution in [3.63, 3.8) is 0 Å². The first-order chi connectivity index (χ1) is 8.41. The number of hydrogen-bond acceptors (Lipinski definition) is 3. The highest BCUT2D eigenvalue weighted by molar-refractivity contribution is 7.89. The molecular weight excluding hydrogens is 307 g/mol. The molecular formula is C12H18Cl2N2O2S. The SMILES string of the molecule is Cc1ccc(S(=O)(=O)N2CCC(N)CC2)cc1Cl.Cl. The average Bonchev–Trinajstić information content (AvgIpc) is 2.33. The van der Waals surface area contributed by atoms with Crippen LogP contribution < -0.4 is 5.73 Å². The van der Waals surface area contributed by atoms with E-state index in [9.17, 15) is 8.42 Å². The van der Waals surface area contributed by atoms with Crippen molar-refractivity contribution in [1.29, 1.82) is 0 Å². The van der Waals surface area contributed by atoms with Crippen molar-refractivity contribution in [1.82, 2.24) is 4.31 Å². The fraction of sp³-hybridized carbons (Fsp3) is 0.500. The van der Waals surface area contributed by atoms with Crippen LogP contribution >= 0.6 is 24.0 Å². The maximum absolute atomic E-state index is 12.4. The fourth-order valence-corrected chi connectivity index (χ4v) is 3.74. The van der Waals surface area contributed by atoms with Gasteiger partial charge in [-0.1, -0.05) is 17.7 Å². The molecule has 0 saturated carbocycles. The van der Waals surface area contributed by atoms with Crippen molar-refractivity contribution >= 4 is 34.0 Å². The van der Waals surface area contributed by atoms with E-state index in [1.807, 2.05) is 6.92 Å². The summed E-state index contributed by atoms with van der Waals surface area (Å²) in [6.07, 6.45) is 1.41. The predicted octanol–water partition coefficient (Wildman–Crippen LogP) is 2.18. The Morgan fingerprint density at radius 3 is 2.42 bits per heavy atom. The molecule has 7 heteroatoms. The van der Waals surface area contributed by atoms with E-state index in [1.165, 1.54) is 10.4 Å². The standard InChI is InChI=1S/C12H17ClN2O2S.ClH/c1-9-2-3-11(8-12(9)13)18(16,17)15-6-4-10(14)5-7-15;/h2-3,8,10H,4-7,14H2,1H3;1H. The van der Waals surface area contributed by atoms with E-state index in [0.717, 1.165) is 5.56 Å². The Balaban J connectivity index is 0.00000180. The normalized spacial score (nSPS) is 18.1. The van der Waals surface area contributed by atoms with E-state index in [-0.39, 0.29) is 23.3 Å². The van der Waals surface area contributed by atoms with Crippen LogP contribution in [0.15, 0.2) is 23.1 Å². The highest BCUT2D eigenvalue weighted by atomic mass is 35.5. The van der Waals surface area contributed by atoms with E-state index in [4.69, 9.17) is 17.3 Å². The number of sulfonamides is 1. The van der Waals surface area contributed by atoms with Gasteiger partial charge in [-0.25, -0.2) is 8.42 Å². The van der Waals surface area contributed by atoms with Crippen molar-refractivity contribution in [2.45, 2.75) is 30.7 Å². The molecule has 108 valence electrons. The third kappa shape index (κ3) is 3.61. The molecule has 19 heavy (non-hydrogen) atoms. The van der Waals surface area contributed by atoms with Gasteiger partial charge in [0.25, 0.3) is 0 Å². The minimum Gasteiger partial charge on any atom is -0.328 e. The van der Waals surface area contributed by atoms with Gasteiger partial charge in [-0.3, -0.25) is 0 Å². The quantitative estimate of drug-likeness (QED) is 0.906. The summed E-state index contributed by atoms with van der Waals surface area (Å²) in [4.78, 5) is 0.258. The van der Waals surface area contributed by atoms with Crippen LogP contribution in [0, 0.1) is 6.92 Å². The molecule has 0 aliphatic carbocycles. The fourth-order valence-electron chi connectivity index (χ4n) is 2.00. The van der Waals surface area contributed by atoms with Crippen molar-refractivity contribution in [2.24, 2.45) is 5.73 Å². The van der Waals surface area contributed by atoms with E-state index < -0.39 is 10.0 Å². The molecule has 0 aromatic heterocycles.